The third-order valence-electron chi connectivity index (χ3n) is 5.38. The van der Waals surface area contributed by atoms with Gasteiger partial charge in [-0.3, -0.25) is 4.79 Å². The van der Waals surface area contributed by atoms with Crippen molar-refractivity contribution >= 4 is 29.0 Å². The molecule has 0 atom stereocenters. The summed E-state index contributed by atoms with van der Waals surface area (Å²) in [6, 6.07) is 24.2. The van der Waals surface area contributed by atoms with Crippen LogP contribution in [0.15, 0.2) is 78.0 Å². The molecule has 8 heteroatoms. The Bertz CT molecular complexity index is 1170. The molecule has 0 spiro atoms. The summed E-state index contributed by atoms with van der Waals surface area (Å²) >= 11 is 1.38. The predicted octanol–water partition coefficient (Wildman–Crippen LogP) is 3.23. The second-order valence-corrected chi connectivity index (χ2v) is 8.27. The second kappa shape index (κ2) is 8.77. The first kappa shape index (κ1) is 19.6. The highest BCUT2D eigenvalue weighted by Gasteiger charge is 2.22. The third kappa shape index (κ3) is 4.25. The van der Waals surface area contributed by atoms with Gasteiger partial charge in [0.15, 0.2) is 5.65 Å². The fraction of sp³-hybridized carbons (Fsp3) is 0.217. The molecule has 7 nitrogen and oxygen atoms in total. The van der Waals surface area contributed by atoms with Crippen LogP contribution in [0.1, 0.15) is 0 Å². The molecule has 1 fully saturated rings. The molecule has 3 heterocycles. The summed E-state index contributed by atoms with van der Waals surface area (Å²) in [6.07, 6.45) is 0. The number of rotatable bonds is 5. The molecule has 5 rings (SSSR count). The Hall–Kier alpha value is -3.39. The molecule has 1 aliphatic heterocycles. The smallest absolute Gasteiger partial charge is 0.233 e. The lowest BCUT2D eigenvalue weighted by Gasteiger charge is -2.36. The largest absolute Gasteiger partial charge is 0.368 e. The molecule has 31 heavy (non-hydrogen) atoms. The summed E-state index contributed by atoms with van der Waals surface area (Å²) in [7, 11) is 0. The first-order valence-corrected chi connectivity index (χ1v) is 11.2. The summed E-state index contributed by atoms with van der Waals surface area (Å²) in [5, 5.41) is 13.7. The molecule has 2 aromatic heterocycles. The van der Waals surface area contributed by atoms with E-state index < -0.39 is 0 Å². The number of hydrogen-bond donors (Lipinski definition) is 0. The van der Waals surface area contributed by atoms with Gasteiger partial charge in [0.25, 0.3) is 0 Å². The van der Waals surface area contributed by atoms with Gasteiger partial charge < -0.3 is 9.80 Å². The summed E-state index contributed by atoms with van der Waals surface area (Å²) in [6.45, 7) is 3.14. The van der Waals surface area contributed by atoms with Gasteiger partial charge in [-0.1, -0.05) is 60.3 Å². The first-order chi connectivity index (χ1) is 15.3. The van der Waals surface area contributed by atoms with E-state index in [0.717, 1.165) is 37.4 Å². The van der Waals surface area contributed by atoms with Gasteiger partial charge in [-0.25, -0.2) is 0 Å². The van der Waals surface area contributed by atoms with Crippen molar-refractivity contribution in [2.75, 3.05) is 36.8 Å². The molecular weight excluding hydrogens is 408 g/mol. The van der Waals surface area contributed by atoms with E-state index in [9.17, 15) is 4.79 Å². The van der Waals surface area contributed by atoms with E-state index >= 15 is 0 Å². The number of thioether (sulfide) groups is 1. The lowest BCUT2D eigenvalue weighted by atomic mass is 10.1. The normalized spacial score (nSPS) is 14.2. The quantitative estimate of drug-likeness (QED) is 0.453. The summed E-state index contributed by atoms with van der Waals surface area (Å²) in [4.78, 5) is 17.0. The van der Waals surface area contributed by atoms with Crippen molar-refractivity contribution in [2.45, 2.75) is 5.16 Å². The van der Waals surface area contributed by atoms with Crippen LogP contribution in [0, 0.1) is 0 Å². The van der Waals surface area contributed by atoms with Gasteiger partial charge in [0.1, 0.15) is 0 Å². The number of nitrogens with zero attached hydrogens (tertiary/aromatic N) is 6. The molecule has 156 valence electrons. The van der Waals surface area contributed by atoms with E-state index in [1.54, 1.807) is 4.52 Å². The highest BCUT2D eigenvalue weighted by Crippen LogP contribution is 2.21. The van der Waals surface area contributed by atoms with Crippen LogP contribution in [-0.2, 0) is 4.79 Å². The molecule has 4 aromatic rings. The molecule has 0 radical (unpaired) electrons. The standard InChI is InChI=1S/C23H22N6OS/c30-22(28-15-13-27(14-16-28)19-9-5-2-6-10-19)17-31-23-25-24-21-12-11-20(26-29(21)23)18-7-3-1-4-8-18/h1-12H,13-17H2. The molecule has 0 saturated carbocycles. The SMILES string of the molecule is O=C(CSc1nnc2ccc(-c3ccccc3)nn12)N1CCN(c2ccccc2)CC1. The minimum Gasteiger partial charge on any atom is -0.368 e. The number of aromatic nitrogens is 4. The van der Waals surface area contributed by atoms with Crippen molar-refractivity contribution in [1.82, 2.24) is 24.7 Å². The molecule has 1 amide bonds. The Morgan fingerprint density at radius 1 is 0.839 bits per heavy atom. The zero-order valence-electron chi connectivity index (χ0n) is 17.0. The molecule has 0 bridgehead atoms. The topological polar surface area (TPSA) is 66.6 Å². The third-order valence-corrected chi connectivity index (χ3v) is 6.29. The van der Waals surface area contributed by atoms with E-state index in [-0.39, 0.29) is 5.91 Å². The van der Waals surface area contributed by atoms with Crippen molar-refractivity contribution < 1.29 is 4.79 Å². The number of anilines is 1. The molecule has 1 saturated heterocycles. The molecule has 2 aromatic carbocycles. The highest BCUT2D eigenvalue weighted by atomic mass is 32.2. The van der Waals surface area contributed by atoms with Crippen LogP contribution in [0.3, 0.4) is 0 Å². The van der Waals surface area contributed by atoms with Crippen LogP contribution < -0.4 is 4.90 Å². The van der Waals surface area contributed by atoms with Gasteiger partial charge >= 0.3 is 0 Å². The molecule has 0 aliphatic carbocycles. The van der Waals surface area contributed by atoms with Crippen LogP contribution in [0.2, 0.25) is 0 Å². The van der Waals surface area contributed by atoms with Crippen molar-refractivity contribution in [3.63, 3.8) is 0 Å². The minimum absolute atomic E-state index is 0.119. The van der Waals surface area contributed by atoms with Gasteiger partial charge in [0.05, 0.1) is 11.4 Å². The Morgan fingerprint density at radius 2 is 1.55 bits per heavy atom. The summed E-state index contributed by atoms with van der Waals surface area (Å²) < 4.78 is 1.72. The van der Waals surface area contributed by atoms with Crippen molar-refractivity contribution in [2.24, 2.45) is 0 Å². The Balaban J connectivity index is 1.22. The van der Waals surface area contributed by atoms with Crippen molar-refractivity contribution in [3.8, 4) is 11.3 Å². The van der Waals surface area contributed by atoms with Crippen LogP contribution in [0.25, 0.3) is 16.9 Å². The van der Waals surface area contributed by atoms with E-state index in [1.807, 2.05) is 65.6 Å². The molecule has 0 unspecified atom stereocenters. The van der Waals surface area contributed by atoms with E-state index in [1.165, 1.54) is 17.4 Å². The van der Waals surface area contributed by atoms with E-state index in [2.05, 4.69) is 32.3 Å². The Morgan fingerprint density at radius 3 is 2.29 bits per heavy atom. The maximum absolute atomic E-state index is 12.8. The highest BCUT2D eigenvalue weighted by molar-refractivity contribution is 7.99. The molecular formula is C23H22N6OS. The van der Waals surface area contributed by atoms with Gasteiger partial charge in [-0.2, -0.15) is 9.61 Å². The zero-order chi connectivity index (χ0) is 21.0. The van der Waals surface area contributed by atoms with Crippen LogP contribution in [-0.4, -0.2) is 62.6 Å². The van der Waals surface area contributed by atoms with Crippen molar-refractivity contribution in [1.29, 1.82) is 0 Å². The zero-order valence-corrected chi connectivity index (χ0v) is 17.8. The van der Waals surface area contributed by atoms with E-state index in [0.29, 0.717) is 16.6 Å². The first-order valence-electron chi connectivity index (χ1n) is 10.3. The average Bonchev–Trinajstić information content (AvgIpc) is 3.26. The van der Waals surface area contributed by atoms with Crippen LogP contribution in [0.5, 0.6) is 0 Å². The Labute approximate surface area is 184 Å². The molecule has 1 aliphatic rings. The van der Waals surface area contributed by atoms with Gasteiger partial charge in [-0.15, -0.1) is 10.2 Å². The lowest BCUT2D eigenvalue weighted by Crippen LogP contribution is -2.49. The van der Waals surface area contributed by atoms with Crippen molar-refractivity contribution in [3.05, 3.63) is 72.8 Å². The number of amides is 1. The van der Waals surface area contributed by atoms with Gasteiger partial charge in [0, 0.05) is 37.4 Å². The summed E-state index contributed by atoms with van der Waals surface area (Å²) in [5.74, 6) is 0.442. The minimum atomic E-state index is 0.119. The van der Waals surface area contributed by atoms with Gasteiger partial charge in [0.2, 0.25) is 11.1 Å². The Kier molecular flexibility index (Phi) is 5.54. The number of para-hydroxylation sites is 1. The summed E-state index contributed by atoms with van der Waals surface area (Å²) in [5.41, 5.74) is 3.75. The fourth-order valence-corrected chi connectivity index (χ4v) is 4.48. The number of piperazine rings is 1. The number of carbonyl (C=O) groups excluding carboxylic acids is 1. The van der Waals surface area contributed by atoms with Gasteiger partial charge in [-0.05, 0) is 24.3 Å². The maximum Gasteiger partial charge on any atom is 0.233 e. The van der Waals surface area contributed by atoms with E-state index in [4.69, 9.17) is 0 Å². The maximum atomic E-state index is 12.8. The average molecular weight is 431 g/mol. The lowest BCUT2D eigenvalue weighted by molar-refractivity contribution is -0.128. The van der Waals surface area contributed by atoms with Crippen LogP contribution in [0.4, 0.5) is 5.69 Å². The number of carbonyl (C=O) groups is 1. The second-order valence-electron chi connectivity index (χ2n) is 7.33. The van der Waals surface area contributed by atoms with Crippen LogP contribution >= 0.6 is 11.8 Å². The monoisotopic (exact) mass is 430 g/mol. The molecule has 0 N–H and O–H groups in total. The number of benzene rings is 2. The number of fused-ring (bicyclic) bond motifs is 1. The fourth-order valence-electron chi connectivity index (χ4n) is 3.69. The number of hydrogen-bond acceptors (Lipinski definition) is 6. The predicted molar refractivity (Wildman–Crippen MR) is 122 cm³/mol.